The molecule has 0 radical (unpaired) electrons. The molecule has 12 nitrogen and oxygen atoms in total. The molecule has 0 aliphatic heterocycles. The number of rotatable bonds is 9. The Labute approximate surface area is 136 Å². The summed E-state index contributed by atoms with van der Waals surface area (Å²) in [6, 6.07) is -3.04. The second-order valence-electron chi connectivity index (χ2n) is 4.97. The summed E-state index contributed by atoms with van der Waals surface area (Å²) in [4.78, 5) is 36.8. The van der Waals surface area contributed by atoms with Gasteiger partial charge in [-0.1, -0.05) is 5.16 Å². The number of amides is 2. The molecule has 134 valence electrons. The number of carboxylic acids is 2. The van der Waals surface area contributed by atoms with Crippen molar-refractivity contribution in [3.63, 3.8) is 0 Å². The first-order valence-corrected chi connectivity index (χ1v) is 6.95. The summed E-state index contributed by atoms with van der Waals surface area (Å²) in [5, 5.41) is 34.6. The Morgan fingerprint density at radius 3 is 2.54 bits per heavy atom. The molecule has 0 fully saturated rings. The predicted octanol–water partition coefficient (Wildman–Crippen LogP) is -1.43. The van der Waals surface area contributed by atoms with Crippen LogP contribution in [0, 0.1) is 0 Å². The molecule has 0 aromatic carbocycles. The molecule has 1 heterocycles. The number of urea groups is 1. The highest BCUT2D eigenvalue weighted by molar-refractivity contribution is 5.82. The third-order valence-corrected chi connectivity index (χ3v) is 2.92. The van der Waals surface area contributed by atoms with Gasteiger partial charge in [0, 0.05) is 6.42 Å². The molecule has 12 heteroatoms. The molecule has 1 aromatic rings. The van der Waals surface area contributed by atoms with Crippen molar-refractivity contribution in [3.8, 4) is 0 Å². The van der Waals surface area contributed by atoms with Crippen LogP contribution in [0.15, 0.2) is 4.52 Å². The maximum atomic E-state index is 11.6. The fourth-order valence-electron chi connectivity index (χ4n) is 1.64. The molecule has 0 bridgehead atoms. The molecule has 1 unspecified atom stereocenters. The van der Waals surface area contributed by atoms with Crippen LogP contribution >= 0.6 is 0 Å². The Bertz CT molecular complexity index is 588. The van der Waals surface area contributed by atoms with Crippen molar-refractivity contribution in [2.24, 2.45) is 5.73 Å². The van der Waals surface area contributed by atoms with Gasteiger partial charge in [-0.15, -0.1) is 0 Å². The van der Waals surface area contributed by atoms with Gasteiger partial charge >= 0.3 is 18.0 Å². The van der Waals surface area contributed by atoms with E-state index in [4.69, 9.17) is 20.5 Å². The minimum Gasteiger partial charge on any atom is -0.481 e. The number of nitrogens with zero attached hydrogens (tertiary/aromatic N) is 2. The monoisotopic (exact) mass is 345 g/mol. The number of carboxylic acid groups (broad SMARTS) is 2. The molecule has 1 rings (SSSR count). The van der Waals surface area contributed by atoms with Crippen LogP contribution in [-0.2, 0) is 16.1 Å². The summed E-state index contributed by atoms with van der Waals surface area (Å²) in [6.07, 6.45) is -1.31. The van der Waals surface area contributed by atoms with Crippen LogP contribution in [0.1, 0.15) is 37.5 Å². The van der Waals surface area contributed by atoms with Crippen LogP contribution in [0.5, 0.6) is 0 Å². The van der Waals surface area contributed by atoms with E-state index in [-0.39, 0.29) is 31.1 Å². The maximum Gasteiger partial charge on any atom is 0.328 e. The van der Waals surface area contributed by atoms with Gasteiger partial charge in [-0.25, -0.2) is 9.59 Å². The summed E-state index contributed by atoms with van der Waals surface area (Å²) in [7, 11) is 0. The number of nitrogens with two attached hydrogens (primary N) is 1. The van der Waals surface area contributed by atoms with E-state index in [1.807, 2.05) is 0 Å². The first kappa shape index (κ1) is 19.3. The fraction of sp³-hybridized carbons (Fsp3) is 0.583. The summed E-state index contributed by atoms with van der Waals surface area (Å²) in [6.45, 7) is 1.03. The van der Waals surface area contributed by atoms with Crippen molar-refractivity contribution in [1.82, 2.24) is 20.8 Å². The van der Waals surface area contributed by atoms with Crippen molar-refractivity contribution in [1.29, 1.82) is 0 Å². The zero-order valence-corrected chi connectivity index (χ0v) is 12.8. The predicted molar refractivity (Wildman–Crippen MR) is 76.6 cm³/mol. The Balaban J connectivity index is 2.49. The number of carbonyl (C=O) groups is 3. The summed E-state index contributed by atoms with van der Waals surface area (Å²) in [5.74, 6) is -2.28. The van der Waals surface area contributed by atoms with Gasteiger partial charge in [0.25, 0.3) is 0 Å². The molecule has 3 atom stereocenters. The highest BCUT2D eigenvalue weighted by atomic mass is 16.5. The van der Waals surface area contributed by atoms with Crippen LogP contribution in [0.2, 0.25) is 0 Å². The van der Waals surface area contributed by atoms with Crippen molar-refractivity contribution < 1.29 is 34.2 Å². The van der Waals surface area contributed by atoms with E-state index in [1.165, 1.54) is 6.92 Å². The number of hydrogen-bond donors (Lipinski definition) is 6. The number of nitrogens with one attached hydrogen (secondary N) is 2. The van der Waals surface area contributed by atoms with E-state index in [9.17, 15) is 19.5 Å². The normalized spacial score (nSPS) is 14.5. The molecule has 0 saturated heterocycles. The van der Waals surface area contributed by atoms with Gasteiger partial charge in [0.1, 0.15) is 0 Å². The van der Waals surface area contributed by atoms with Gasteiger partial charge in [0.15, 0.2) is 11.9 Å². The SMILES string of the molecule is CC(O)[C@H](NC(=O)NCc1nc([C@@H](N)CCC(=O)O)no1)C(=O)O. The Kier molecular flexibility index (Phi) is 7.07. The zero-order valence-electron chi connectivity index (χ0n) is 12.8. The molecule has 7 N–H and O–H groups in total. The average Bonchev–Trinajstić information content (AvgIpc) is 2.96. The smallest absolute Gasteiger partial charge is 0.328 e. The Morgan fingerprint density at radius 2 is 2.00 bits per heavy atom. The topological polar surface area (TPSA) is 201 Å². The summed E-state index contributed by atoms with van der Waals surface area (Å²) >= 11 is 0. The first-order chi connectivity index (χ1) is 11.2. The Hall–Kier alpha value is -2.73. The third-order valence-electron chi connectivity index (χ3n) is 2.92. The van der Waals surface area contributed by atoms with E-state index in [2.05, 4.69) is 20.8 Å². The van der Waals surface area contributed by atoms with E-state index in [0.29, 0.717) is 0 Å². The van der Waals surface area contributed by atoms with Gasteiger partial charge in [-0.05, 0) is 13.3 Å². The number of aliphatic hydroxyl groups is 1. The molecular formula is C12H19N5O7. The van der Waals surface area contributed by atoms with Gasteiger partial charge in [-0.2, -0.15) is 4.98 Å². The van der Waals surface area contributed by atoms with Gasteiger partial charge in [0.05, 0.1) is 18.7 Å². The third kappa shape index (κ3) is 6.18. The van der Waals surface area contributed by atoms with E-state index >= 15 is 0 Å². The number of aliphatic carboxylic acids is 2. The van der Waals surface area contributed by atoms with Gasteiger partial charge in [-0.3, -0.25) is 4.79 Å². The molecule has 0 spiro atoms. The van der Waals surface area contributed by atoms with Crippen molar-refractivity contribution >= 4 is 18.0 Å². The molecule has 24 heavy (non-hydrogen) atoms. The number of hydrogen-bond acceptors (Lipinski definition) is 8. The van der Waals surface area contributed by atoms with E-state index in [0.717, 1.165) is 0 Å². The molecule has 1 aromatic heterocycles. The second kappa shape index (κ2) is 8.79. The van der Waals surface area contributed by atoms with Crippen LogP contribution < -0.4 is 16.4 Å². The maximum absolute atomic E-state index is 11.6. The van der Waals surface area contributed by atoms with Crippen molar-refractivity contribution in [2.45, 2.75) is 44.5 Å². The number of carbonyl (C=O) groups excluding carboxylic acids is 1. The average molecular weight is 345 g/mol. The van der Waals surface area contributed by atoms with Crippen molar-refractivity contribution in [3.05, 3.63) is 11.7 Å². The lowest BCUT2D eigenvalue weighted by atomic mass is 10.1. The molecule has 2 amide bonds. The van der Waals surface area contributed by atoms with Crippen LogP contribution in [0.4, 0.5) is 4.79 Å². The first-order valence-electron chi connectivity index (χ1n) is 6.95. The quantitative estimate of drug-likeness (QED) is 0.308. The van der Waals surface area contributed by atoms with Crippen LogP contribution in [0.25, 0.3) is 0 Å². The van der Waals surface area contributed by atoms with Gasteiger partial charge in [0.2, 0.25) is 5.89 Å². The van der Waals surface area contributed by atoms with Crippen LogP contribution in [-0.4, -0.2) is 55.6 Å². The van der Waals surface area contributed by atoms with Crippen molar-refractivity contribution in [2.75, 3.05) is 0 Å². The second-order valence-corrected chi connectivity index (χ2v) is 4.97. The largest absolute Gasteiger partial charge is 0.481 e. The van der Waals surface area contributed by atoms with E-state index in [1.54, 1.807) is 0 Å². The molecule has 0 aliphatic carbocycles. The molecule has 0 aliphatic rings. The molecule has 0 saturated carbocycles. The number of aromatic nitrogens is 2. The zero-order chi connectivity index (χ0) is 18.3. The Morgan fingerprint density at radius 1 is 1.33 bits per heavy atom. The fourth-order valence-corrected chi connectivity index (χ4v) is 1.64. The van der Waals surface area contributed by atoms with Gasteiger partial charge < -0.3 is 36.2 Å². The number of aliphatic hydroxyl groups excluding tert-OH is 1. The van der Waals surface area contributed by atoms with E-state index < -0.39 is 36.2 Å². The minimum absolute atomic E-state index is 0.00912. The lowest BCUT2D eigenvalue weighted by Gasteiger charge is -2.16. The summed E-state index contributed by atoms with van der Waals surface area (Å²) < 4.78 is 4.85. The highest BCUT2D eigenvalue weighted by Crippen LogP contribution is 2.12. The molecular weight excluding hydrogens is 326 g/mol. The highest BCUT2D eigenvalue weighted by Gasteiger charge is 2.25. The summed E-state index contributed by atoms with van der Waals surface area (Å²) in [5.41, 5.74) is 5.70. The lowest BCUT2D eigenvalue weighted by molar-refractivity contribution is -0.142. The minimum atomic E-state index is -1.47. The standard InChI is InChI=1S/C12H19N5O7/c1-5(18)9(11(21)22)16-12(23)14-4-7-15-10(17-24-7)6(13)2-3-8(19)20/h5-6,9,18H,2-4,13H2,1H3,(H,19,20)(H,21,22)(H2,14,16,23)/t5?,6-,9-/m0/s1. The lowest BCUT2D eigenvalue weighted by Crippen LogP contribution is -2.51. The van der Waals surface area contributed by atoms with Crippen LogP contribution in [0.3, 0.4) is 0 Å².